The number of carbonyl (C=O) groups is 1. The highest BCUT2D eigenvalue weighted by Crippen LogP contribution is 2.33. The van der Waals surface area contributed by atoms with Crippen molar-refractivity contribution >= 4 is 5.91 Å². The van der Waals surface area contributed by atoms with Crippen molar-refractivity contribution in [1.82, 2.24) is 14.7 Å². The number of benzene rings is 2. The van der Waals surface area contributed by atoms with Gasteiger partial charge in [0.1, 0.15) is 11.5 Å². The van der Waals surface area contributed by atoms with E-state index in [1.54, 1.807) is 17.8 Å². The van der Waals surface area contributed by atoms with E-state index in [9.17, 15) is 9.18 Å². The molecule has 138 valence electrons. The summed E-state index contributed by atoms with van der Waals surface area (Å²) in [6, 6.07) is 18.1. The van der Waals surface area contributed by atoms with Crippen LogP contribution < -0.4 is 0 Å². The van der Waals surface area contributed by atoms with Crippen LogP contribution in [-0.2, 0) is 7.05 Å². The molecule has 0 saturated carbocycles. The second kappa shape index (κ2) is 7.35. The third-order valence-electron chi connectivity index (χ3n) is 5.17. The summed E-state index contributed by atoms with van der Waals surface area (Å²) >= 11 is 0. The number of aromatic nitrogens is 2. The van der Waals surface area contributed by atoms with Gasteiger partial charge in [-0.3, -0.25) is 9.48 Å². The Bertz CT molecular complexity index is 951. The lowest BCUT2D eigenvalue weighted by molar-refractivity contribution is 0.0599. The predicted molar refractivity (Wildman–Crippen MR) is 103 cm³/mol. The van der Waals surface area contributed by atoms with E-state index in [0.717, 1.165) is 36.1 Å². The average molecular weight is 363 g/mol. The maximum atomic E-state index is 13.7. The van der Waals surface area contributed by atoms with Gasteiger partial charge in [-0.15, -0.1) is 0 Å². The van der Waals surface area contributed by atoms with E-state index in [4.69, 9.17) is 0 Å². The first-order chi connectivity index (χ1) is 13.1. The van der Waals surface area contributed by atoms with Gasteiger partial charge in [0.25, 0.3) is 5.91 Å². The highest BCUT2D eigenvalue weighted by molar-refractivity contribution is 5.94. The van der Waals surface area contributed by atoms with Gasteiger partial charge in [0.15, 0.2) is 0 Å². The monoisotopic (exact) mass is 363 g/mol. The van der Waals surface area contributed by atoms with E-state index >= 15 is 0 Å². The van der Waals surface area contributed by atoms with Crippen LogP contribution in [0.1, 0.15) is 41.4 Å². The fourth-order valence-electron chi connectivity index (χ4n) is 3.80. The zero-order chi connectivity index (χ0) is 18.8. The first-order valence-electron chi connectivity index (χ1n) is 9.29. The molecular weight excluding hydrogens is 341 g/mol. The van der Waals surface area contributed by atoms with E-state index in [0.29, 0.717) is 12.2 Å². The summed E-state index contributed by atoms with van der Waals surface area (Å²) in [6.45, 7) is 0.672. The van der Waals surface area contributed by atoms with Crippen molar-refractivity contribution in [1.29, 1.82) is 0 Å². The van der Waals surface area contributed by atoms with E-state index in [1.165, 1.54) is 12.1 Å². The summed E-state index contributed by atoms with van der Waals surface area (Å²) in [5.74, 6) is -0.321. The molecule has 0 spiro atoms. The van der Waals surface area contributed by atoms with Crippen molar-refractivity contribution in [3.05, 3.63) is 77.7 Å². The summed E-state index contributed by atoms with van der Waals surface area (Å²) in [5, 5.41) is 4.52. The molecule has 4 rings (SSSR count). The van der Waals surface area contributed by atoms with Crippen LogP contribution in [0.4, 0.5) is 4.39 Å². The van der Waals surface area contributed by atoms with Crippen LogP contribution in [0.15, 0.2) is 60.7 Å². The fraction of sp³-hybridized carbons (Fsp3) is 0.273. The molecule has 0 unspecified atom stereocenters. The van der Waals surface area contributed by atoms with Gasteiger partial charge in [-0.05, 0) is 43.0 Å². The van der Waals surface area contributed by atoms with Gasteiger partial charge in [-0.2, -0.15) is 5.10 Å². The van der Waals surface area contributed by atoms with E-state index in [-0.39, 0.29) is 17.8 Å². The van der Waals surface area contributed by atoms with Crippen molar-refractivity contribution in [3.8, 4) is 11.3 Å². The van der Waals surface area contributed by atoms with Crippen molar-refractivity contribution in [3.63, 3.8) is 0 Å². The Morgan fingerprint density at radius 2 is 1.89 bits per heavy atom. The third kappa shape index (κ3) is 3.50. The summed E-state index contributed by atoms with van der Waals surface area (Å²) in [6.07, 6.45) is 2.84. The molecule has 3 aromatic rings. The second-order valence-corrected chi connectivity index (χ2v) is 6.97. The van der Waals surface area contributed by atoms with Crippen LogP contribution >= 0.6 is 0 Å². The van der Waals surface area contributed by atoms with Crippen LogP contribution in [0.3, 0.4) is 0 Å². The van der Waals surface area contributed by atoms with Crippen molar-refractivity contribution < 1.29 is 9.18 Å². The van der Waals surface area contributed by atoms with Crippen molar-refractivity contribution in [2.45, 2.75) is 25.3 Å². The van der Waals surface area contributed by atoms with Gasteiger partial charge in [-0.25, -0.2) is 4.39 Å². The minimum atomic E-state index is -0.266. The molecule has 1 fully saturated rings. The van der Waals surface area contributed by atoms with Gasteiger partial charge >= 0.3 is 0 Å². The Morgan fingerprint density at radius 3 is 2.67 bits per heavy atom. The zero-order valence-electron chi connectivity index (χ0n) is 15.3. The SMILES string of the molecule is Cn1nc(-c2ccccc2)cc1C(=O)N1CCCC[C@H]1c1cccc(F)c1. The highest BCUT2D eigenvalue weighted by atomic mass is 19.1. The van der Waals surface area contributed by atoms with Crippen LogP contribution in [-0.4, -0.2) is 27.1 Å². The lowest BCUT2D eigenvalue weighted by atomic mass is 9.94. The van der Waals surface area contributed by atoms with Crippen LogP contribution in [0.2, 0.25) is 0 Å². The molecule has 1 aromatic heterocycles. The Kier molecular flexibility index (Phi) is 4.75. The molecule has 1 aliphatic heterocycles. The number of amides is 1. The predicted octanol–water partition coefficient (Wildman–Crippen LogP) is 4.59. The summed E-state index contributed by atoms with van der Waals surface area (Å²) in [7, 11) is 1.79. The van der Waals surface area contributed by atoms with Gasteiger partial charge in [-0.1, -0.05) is 42.5 Å². The molecule has 2 aromatic carbocycles. The largest absolute Gasteiger partial charge is 0.330 e. The molecule has 0 bridgehead atoms. The molecule has 2 heterocycles. The maximum Gasteiger partial charge on any atom is 0.272 e. The first kappa shape index (κ1) is 17.5. The van der Waals surface area contributed by atoms with Gasteiger partial charge in [0.05, 0.1) is 11.7 Å². The standard InChI is InChI=1S/C22H22FN3O/c1-25-21(15-19(24-25)16-8-3-2-4-9-16)22(27)26-13-6-5-12-20(26)17-10-7-11-18(23)14-17/h2-4,7-11,14-15,20H,5-6,12-13H2,1H3/t20-/m0/s1. The Hall–Kier alpha value is -2.95. The molecule has 1 saturated heterocycles. The number of halogens is 1. The molecular formula is C22H22FN3O. The molecule has 1 amide bonds. The van der Waals surface area contributed by atoms with E-state index < -0.39 is 0 Å². The van der Waals surface area contributed by atoms with Crippen molar-refractivity contribution in [2.24, 2.45) is 7.05 Å². The Balaban J connectivity index is 1.65. The number of aryl methyl sites for hydroxylation is 1. The number of hydrogen-bond acceptors (Lipinski definition) is 2. The van der Waals surface area contributed by atoms with Crippen molar-refractivity contribution in [2.75, 3.05) is 6.54 Å². The number of hydrogen-bond donors (Lipinski definition) is 0. The minimum Gasteiger partial charge on any atom is -0.330 e. The Labute approximate surface area is 158 Å². The molecule has 5 heteroatoms. The number of carbonyl (C=O) groups excluding carboxylic acids is 1. The quantitative estimate of drug-likeness (QED) is 0.682. The summed E-state index contributed by atoms with van der Waals surface area (Å²) in [5.41, 5.74) is 3.17. The Morgan fingerprint density at radius 1 is 1.07 bits per heavy atom. The smallest absolute Gasteiger partial charge is 0.272 e. The fourth-order valence-corrected chi connectivity index (χ4v) is 3.80. The summed E-state index contributed by atoms with van der Waals surface area (Å²) in [4.78, 5) is 15.2. The summed E-state index contributed by atoms with van der Waals surface area (Å²) < 4.78 is 15.4. The number of nitrogens with zero attached hydrogens (tertiary/aromatic N) is 3. The maximum absolute atomic E-state index is 13.7. The minimum absolute atomic E-state index is 0.0545. The average Bonchev–Trinajstić information content (AvgIpc) is 3.10. The van der Waals surface area contributed by atoms with Crippen LogP contribution in [0, 0.1) is 5.82 Å². The van der Waals surface area contributed by atoms with Crippen LogP contribution in [0.5, 0.6) is 0 Å². The highest BCUT2D eigenvalue weighted by Gasteiger charge is 2.30. The molecule has 0 radical (unpaired) electrons. The number of piperidine rings is 1. The molecule has 4 nitrogen and oxygen atoms in total. The van der Waals surface area contributed by atoms with Gasteiger partial charge < -0.3 is 4.90 Å². The topological polar surface area (TPSA) is 38.1 Å². The van der Waals surface area contributed by atoms with Crippen LogP contribution in [0.25, 0.3) is 11.3 Å². The lowest BCUT2D eigenvalue weighted by Crippen LogP contribution is -2.39. The van der Waals surface area contributed by atoms with Gasteiger partial charge in [0, 0.05) is 19.2 Å². The van der Waals surface area contributed by atoms with E-state index in [2.05, 4.69) is 5.10 Å². The molecule has 1 aliphatic rings. The number of rotatable bonds is 3. The first-order valence-corrected chi connectivity index (χ1v) is 9.29. The molecule has 1 atom stereocenters. The molecule has 0 aliphatic carbocycles. The van der Waals surface area contributed by atoms with Gasteiger partial charge in [0.2, 0.25) is 0 Å². The number of likely N-dealkylation sites (tertiary alicyclic amines) is 1. The zero-order valence-corrected chi connectivity index (χ0v) is 15.3. The lowest BCUT2D eigenvalue weighted by Gasteiger charge is -2.36. The normalized spacial score (nSPS) is 17.1. The molecule has 27 heavy (non-hydrogen) atoms. The third-order valence-corrected chi connectivity index (χ3v) is 5.17. The second-order valence-electron chi connectivity index (χ2n) is 6.97. The molecule has 0 N–H and O–H groups in total. The van der Waals surface area contributed by atoms with E-state index in [1.807, 2.05) is 47.4 Å².